The Morgan fingerprint density at radius 3 is 2.67 bits per heavy atom. The molecule has 2 nitrogen and oxygen atoms in total. The van der Waals surface area contributed by atoms with Crippen LogP contribution in [-0.4, -0.2) is 12.6 Å². The molecular formula is C22H34N2. The Balaban J connectivity index is 2.57. The lowest BCUT2D eigenvalue weighted by molar-refractivity contribution is 0.460. The molecule has 1 aromatic carbocycles. The fourth-order valence-electron chi connectivity index (χ4n) is 2.79. The minimum absolute atomic E-state index is 0.461. The van der Waals surface area contributed by atoms with E-state index in [1.54, 1.807) is 0 Å². The first kappa shape index (κ1) is 20.2. The van der Waals surface area contributed by atoms with E-state index < -0.39 is 0 Å². The summed E-state index contributed by atoms with van der Waals surface area (Å²) < 4.78 is 0. The maximum absolute atomic E-state index is 3.78. The van der Waals surface area contributed by atoms with E-state index in [9.17, 15) is 0 Å². The van der Waals surface area contributed by atoms with Gasteiger partial charge in [0.15, 0.2) is 0 Å². The van der Waals surface area contributed by atoms with Crippen LogP contribution in [0.25, 0.3) is 0 Å². The van der Waals surface area contributed by atoms with E-state index in [0.29, 0.717) is 6.04 Å². The lowest BCUT2D eigenvalue weighted by Crippen LogP contribution is -2.37. The van der Waals surface area contributed by atoms with Crippen LogP contribution in [0.5, 0.6) is 0 Å². The highest BCUT2D eigenvalue weighted by molar-refractivity contribution is 5.24. The number of hydrogen-bond donors (Lipinski definition) is 2. The molecule has 132 valence electrons. The van der Waals surface area contributed by atoms with E-state index in [1.807, 2.05) is 25.2 Å². The molecule has 0 heterocycles. The summed E-state index contributed by atoms with van der Waals surface area (Å²) in [6.07, 6.45) is 12.7. The van der Waals surface area contributed by atoms with Crippen LogP contribution in [0.4, 0.5) is 0 Å². The Kier molecular flexibility index (Phi) is 10.6. The van der Waals surface area contributed by atoms with Gasteiger partial charge in [-0.2, -0.15) is 0 Å². The average molecular weight is 327 g/mol. The molecule has 1 atom stereocenters. The highest BCUT2D eigenvalue weighted by Crippen LogP contribution is 2.08. The van der Waals surface area contributed by atoms with E-state index in [2.05, 4.69) is 61.4 Å². The summed E-state index contributed by atoms with van der Waals surface area (Å²) in [5.41, 5.74) is 3.92. The number of nitrogens with one attached hydrogen (secondary N) is 2. The molecule has 0 fully saturated rings. The predicted molar refractivity (Wildman–Crippen MR) is 107 cm³/mol. The SMILES string of the molecule is C=C/C=C(\C=C/C)NCC(CCC)NCc1cccc(CCC)c1. The largest absolute Gasteiger partial charge is 0.383 e. The van der Waals surface area contributed by atoms with Crippen molar-refractivity contribution < 1.29 is 0 Å². The number of allylic oxidation sites excluding steroid dienone is 4. The van der Waals surface area contributed by atoms with Gasteiger partial charge in [0.05, 0.1) is 0 Å². The summed E-state index contributed by atoms with van der Waals surface area (Å²) in [4.78, 5) is 0. The molecule has 1 aromatic rings. The van der Waals surface area contributed by atoms with Crippen molar-refractivity contribution in [3.63, 3.8) is 0 Å². The first-order valence-corrected chi connectivity index (χ1v) is 9.23. The quantitative estimate of drug-likeness (QED) is 0.520. The minimum Gasteiger partial charge on any atom is -0.383 e. The zero-order chi connectivity index (χ0) is 17.6. The van der Waals surface area contributed by atoms with Gasteiger partial charge in [-0.05, 0) is 43.0 Å². The molecule has 0 spiro atoms. The van der Waals surface area contributed by atoms with Gasteiger partial charge in [0, 0.05) is 24.8 Å². The topological polar surface area (TPSA) is 24.1 Å². The molecule has 0 radical (unpaired) electrons. The standard InChI is InChI=1S/C22H34N2/c1-5-10-19-14-9-15-20(16-19)17-23-22(13-8-4)18-24-21(11-6-2)12-7-3/h6-7,9,11-12,14-16,22-24H,2,5,8,10,13,17-18H2,1,3-4H3/b12-7-,21-11+. The molecule has 24 heavy (non-hydrogen) atoms. The van der Waals surface area contributed by atoms with E-state index >= 15 is 0 Å². The van der Waals surface area contributed by atoms with Crippen molar-refractivity contribution in [2.24, 2.45) is 0 Å². The highest BCUT2D eigenvalue weighted by atomic mass is 15.0. The van der Waals surface area contributed by atoms with Crippen molar-refractivity contribution in [1.82, 2.24) is 10.6 Å². The second-order valence-corrected chi connectivity index (χ2v) is 6.18. The average Bonchev–Trinajstić information content (AvgIpc) is 2.58. The minimum atomic E-state index is 0.461. The van der Waals surface area contributed by atoms with Gasteiger partial charge < -0.3 is 10.6 Å². The molecule has 1 rings (SSSR count). The van der Waals surface area contributed by atoms with Gasteiger partial charge in [-0.15, -0.1) is 0 Å². The van der Waals surface area contributed by atoms with Crippen molar-refractivity contribution in [2.75, 3.05) is 6.54 Å². The number of aryl methyl sites for hydroxylation is 1. The van der Waals surface area contributed by atoms with Crippen LogP contribution in [0.2, 0.25) is 0 Å². The Hall–Kier alpha value is -1.80. The fourth-order valence-corrected chi connectivity index (χ4v) is 2.79. The van der Waals surface area contributed by atoms with E-state index in [0.717, 1.165) is 25.2 Å². The third kappa shape index (κ3) is 8.16. The molecule has 0 aromatic heterocycles. The molecule has 0 bridgehead atoms. The normalized spacial score (nSPS) is 13.2. The Morgan fingerprint density at radius 2 is 2.00 bits per heavy atom. The highest BCUT2D eigenvalue weighted by Gasteiger charge is 2.07. The number of benzene rings is 1. The second-order valence-electron chi connectivity index (χ2n) is 6.18. The molecular weight excluding hydrogens is 292 g/mol. The number of hydrogen-bond acceptors (Lipinski definition) is 2. The summed E-state index contributed by atoms with van der Waals surface area (Å²) in [5.74, 6) is 0. The number of rotatable bonds is 12. The van der Waals surface area contributed by atoms with Crippen molar-refractivity contribution >= 4 is 0 Å². The van der Waals surface area contributed by atoms with Crippen LogP contribution in [0.15, 0.2) is 60.8 Å². The van der Waals surface area contributed by atoms with Gasteiger partial charge in [0.2, 0.25) is 0 Å². The van der Waals surface area contributed by atoms with Gasteiger partial charge in [-0.25, -0.2) is 0 Å². The molecule has 0 saturated heterocycles. The van der Waals surface area contributed by atoms with Crippen LogP contribution >= 0.6 is 0 Å². The van der Waals surface area contributed by atoms with Crippen LogP contribution in [0.1, 0.15) is 51.2 Å². The molecule has 0 saturated carbocycles. The van der Waals surface area contributed by atoms with Gasteiger partial charge in [-0.3, -0.25) is 0 Å². The summed E-state index contributed by atoms with van der Waals surface area (Å²) in [6, 6.07) is 9.40. The summed E-state index contributed by atoms with van der Waals surface area (Å²) in [6.45, 7) is 12.1. The van der Waals surface area contributed by atoms with E-state index in [-0.39, 0.29) is 0 Å². The molecule has 2 heteroatoms. The van der Waals surface area contributed by atoms with Crippen LogP contribution in [0.3, 0.4) is 0 Å². The van der Waals surface area contributed by atoms with Crippen molar-refractivity contribution in [1.29, 1.82) is 0 Å². The lowest BCUT2D eigenvalue weighted by atomic mass is 10.1. The Bertz CT molecular complexity index is 529. The van der Waals surface area contributed by atoms with Crippen molar-refractivity contribution in [3.8, 4) is 0 Å². The molecule has 0 aliphatic carbocycles. The van der Waals surface area contributed by atoms with Gasteiger partial charge >= 0.3 is 0 Å². The molecule has 0 aliphatic rings. The third-order valence-corrected chi connectivity index (χ3v) is 3.96. The maximum Gasteiger partial charge on any atom is 0.0337 e. The zero-order valence-electron chi connectivity index (χ0n) is 15.6. The second kappa shape index (κ2) is 12.6. The smallest absolute Gasteiger partial charge is 0.0337 e. The Labute approximate surface area is 148 Å². The van der Waals surface area contributed by atoms with E-state index in [4.69, 9.17) is 0 Å². The lowest BCUT2D eigenvalue weighted by Gasteiger charge is -2.20. The first-order chi connectivity index (χ1) is 11.7. The van der Waals surface area contributed by atoms with Crippen LogP contribution in [-0.2, 0) is 13.0 Å². The molecule has 0 aliphatic heterocycles. The summed E-state index contributed by atoms with van der Waals surface area (Å²) >= 11 is 0. The zero-order valence-corrected chi connectivity index (χ0v) is 15.6. The Morgan fingerprint density at radius 1 is 1.21 bits per heavy atom. The monoisotopic (exact) mass is 326 g/mol. The van der Waals surface area contributed by atoms with Crippen molar-refractivity contribution in [2.45, 2.75) is 59.0 Å². The van der Waals surface area contributed by atoms with Gasteiger partial charge in [0.1, 0.15) is 0 Å². The molecule has 1 unspecified atom stereocenters. The van der Waals surface area contributed by atoms with Crippen LogP contribution < -0.4 is 10.6 Å². The van der Waals surface area contributed by atoms with E-state index in [1.165, 1.54) is 30.4 Å². The third-order valence-electron chi connectivity index (χ3n) is 3.96. The fraction of sp³-hybridized carbons (Fsp3) is 0.455. The first-order valence-electron chi connectivity index (χ1n) is 9.23. The van der Waals surface area contributed by atoms with Crippen molar-refractivity contribution in [3.05, 3.63) is 72.0 Å². The van der Waals surface area contributed by atoms with Gasteiger partial charge in [0.25, 0.3) is 0 Å². The predicted octanol–water partition coefficient (Wildman–Crippen LogP) is 5.13. The summed E-state index contributed by atoms with van der Waals surface area (Å²) in [5, 5.41) is 7.22. The maximum atomic E-state index is 3.78. The molecule has 0 amide bonds. The molecule has 2 N–H and O–H groups in total. The van der Waals surface area contributed by atoms with Crippen LogP contribution in [0, 0.1) is 0 Å². The van der Waals surface area contributed by atoms with Gasteiger partial charge in [-0.1, -0.05) is 69.7 Å². The summed E-state index contributed by atoms with van der Waals surface area (Å²) in [7, 11) is 0.